The second kappa shape index (κ2) is 5.80. The highest BCUT2D eigenvalue weighted by molar-refractivity contribution is 5.27. The summed E-state index contributed by atoms with van der Waals surface area (Å²) >= 11 is 0. The third-order valence-corrected chi connectivity index (χ3v) is 5.07. The van der Waals surface area contributed by atoms with E-state index in [0.29, 0.717) is 12.0 Å². The lowest BCUT2D eigenvalue weighted by Gasteiger charge is -2.44. The van der Waals surface area contributed by atoms with Crippen LogP contribution < -0.4 is 5.32 Å². The van der Waals surface area contributed by atoms with Gasteiger partial charge in [-0.05, 0) is 54.8 Å². The van der Waals surface area contributed by atoms with Crippen LogP contribution in [0, 0.1) is 23.5 Å². The highest BCUT2D eigenvalue weighted by Gasteiger charge is 2.39. The normalized spacial score (nSPS) is 27.6. The second-order valence-corrected chi connectivity index (χ2v) is 6.77. The molecule has 0 saturated heterocycles. The van der Waals surface area contributed by atoms with E-state index in [1.54, 1.807) is 6.07 Å². The lowest BCUT2D eigenvalue weighted by Crippen LogP contribution is -2.47. The van der Waals surface area contributed by atoms with E-state index in [1.807, 2.05) is 7.05 Å². The van der Waals surface area contributed by atoms with Gasteiger partial charge in [0.1, 0.15) is 0 Å². The van der Waals surface area contributed by atoms with Gasteiger partial charge in [0.25, 0.3) is 0 Å². The Balaban J connectivity index is 2.30. The molecular formula is C17H25F2N. The van der Waals surface area contributed by atoms with E-state index >= 15 is 0 Å². The quantitative estimate of drug-likeness (QED) is 0.872. The van der Waals surface area contributed by atoms with Gasteiger partial charge in [0.2, 0.25) is 0 Å². The maximum atomic E-state index is 13.5. The number of nitrogens with one attached hydrogen (secondary N) is 1. The minimum Gasteiger partial charge on any atom is -0.317 e. The molecule has 0 aliphatic heterocycles. The molecule has 1 aromatic carbocycles. The van der Waals surface area contributed by atoms with Gasteiger partial charge in [0.15, 0.2) is 11.6 Å². The van der Waals surface area contributed by atoms with Crippen LogP contribution in [0.25, 0.3) is 0 Å². The number of hydrogen-bond donors (Lipinski definition) is 1. The van der Waals surface area contributed by atoms with E-state index in [-0.39, 0.29) is 5.41 Å². The maximum Gasteiger partial charge on any atom is 0.159 e. The number of halogens is 2. The third-order valence-electron chi connectivity index (χ3n) is 5.07. The zero-order chi connectivity index (χ0) is 14.9. The van der Waals surface area contributed by atoms with E-state index in [1.165, 1.54) is 18.6 Å². The SMILES string of the molecule is CNC1CC(C)CCC1C(C)(C)c1ccc(F)c(F)c1. The fourth-order valence-electron chi connectivity index (χ4n) is 3.67. The molecule has 1 aromatic rings. The van der Waals surface area contributed by atoms with Crippen molar-refractivity contribution in [1.29, 1.82) is 0 Å². The zero-order valence-corrected chi connectivity index (χ0v) is 12.8. The summed E-state index contributed by atoms with van der Waals surface area (Å²) in [6, 6.07) is 4.76. The molecule has 1 fully saturated rings. The van der Waals surface area contributed by atoms with Crippen LogP contribution in [0.3, 0.4) is 0 Å². The Hall–Kier alpha value is -0.960. The molecule has 3 heteroatoms. The highest BCUT2D eigenvalue weighted by Crippen LogP contribution is 2.42. The van der Waals surface area contributed by atoms with Crippen molar-refractivity contribution in [3.63, 3.8) is 0 Å². The minimum atomic E-state index is -0.771. The molecule has 3 atom stereocenters. The van der Waals surface area contributed by atoms with Gasteiger partial charge in [-0.15, -0.1) is 0 Å². The van der Waals surface area contributed by atoms with Crippen LogP contribution in [0.1, 0.15) is 45.6 Å². The van der Waals surface area contributed by atoms with E-state index in [0.717, 1.165) is 24.3 Å². The fourth-order valence-corrected chi connectivity index (χ4v) is 3.67. The van der Waals surface area contributed by atoms with Crippen LogP contribution >= 0.6 is 0 Å². The van der Waals surface area contributed by atoms with Crippen LogP contribution in [-0.2, 0) is 5.41 Å². The van der Waals surface area contributed by atoms with Gasteiger partial charge in [-0.3, -0.25) is 0 Å². The van der Waals surface area contributed by atoms with Crippen molar-refractivity contribution in [2.24, 2.45) is 11.8 Å². The average Bonchev–Trinajstić information content (AvgIpc) is 2.41. The Bertz CT molecular complexity index is 470. The monoisotopic (exact) mass is 281 g/mol. The smallest absolute Gasteiger partial charge is 0.159 e. The van der Waals surface area contributed by atoms with Crippen LogP contribution in [-0.4, -0.2) is 13.1 Å². The van der Waals surface area contributed by atoms with Crippen LogP contribution in [0.2, 0.25) is 0 Å². The summed E-state index contributed by atoms with van der Waals surface area (Å²) in [7, 11) is 2.00. The molecule has 0 amide bonds. The molecule has 20 heavy (non-hydrogen) atoms. The molecule has 0 radical (unpaired) electrons. The second-order valence-electron chi connectivity index (χ2n) is 6.77. The standard InChI is InChI=1S/C17H25F2N/c1-11-5-7-13(16(9-11)20-4)17(2,3)12-6-8-14(18)15(19)10-12/h6,8,10-11,13,16,20H,5,7,9H2,1-4H3. The molecule has 2 rings (SSSR count). The van der Waals surface area contributed by atoms with E-state index in [2.05, 4.69) is 26.1 Å². The van der Waals surface area contributed by atoms with Crippen molar-refractivity contribution in [1.82, 2.24) is 5.32 Å². The van der Waals surface area contributed by atoms with Crippen LogP contribution in [0.15, 0.2) is 18.2 Å². The molecule has 0 aromatic heterocycles. The molecular weight excluding hydrogens is 256 g/mol. The van der Waals surface area contributed by atoms with Crippen molar-refractivity contribution >= 4 is 0 Å². The van der Waals surface area contributed by atoms with Crippen molar-refractivity contribution < 1.29 is 8.78 Å². The van der Waals surface area contributed by atoms with Gasteiger partial charge in [-0.2, -0.15) is 0 Å². The molecule has 3 unspecified atom stereocenters. The highest BCUT2D eigenvalue weighted by atomic mass is 19.2. The van der Waals surface area contributed by atoms with Gasteiger partial charge >= 0.3 is 0 Å². The first-order chi connectivity index (χ1) is 9.36. The van der Waals surface area contributed by atoms with Crippen molar-refractivity contribution in [3.8, 4) is 0 Å². The summed E-state index contributed by atoms with van der Waals surface area (Å²) in [6.45, 7) is 6.57. The summed E-state index contributed by atoms with van der Waals surface area (Å²) in [6.07, 6.45) is 3.48. The van der Waals surface area contributed by atoms with Gasteiger partial charge in [0.05, 0.1) is 0 Å². The molecule has 1 nitrogen and oxygen atoms in total. The van der Waals surface area contributed by atoms with E-state index in [4.69, 9.17) is 0 Å². The Morgan fingerprint density at radius 2 is 1.85 bits per heavy atom. The Morgan fingerprint density at radius 1 is 1.15 bits per heavy atom. The molecule has 0 spiro atoms. The van der Waals surface area contributed by atoms with Crippen LogP contribution in [0.5, 0.6) is 0 Å². The predicted molar refractivity (Wildman–Crippen MR) is 78.7 cm³/mol. The lowest BCUT2D eigenvalue weighted by molar-refractivity contribution is 0.151. The van der Waals surface area contributed by atoms with Crippen LogP contribution in [0.4, 0.5) is 8.78 Å². The Kier molecular flexibility index (Phi) is 4.48. The predicted octanol–water partition coefficient (Wildman–Crippen LogP) is 4.27. The Labute approximate surface area is 120 Å². The largest absolute Gasteiger partial charge is 0.317 e. The number of benzene rings is 1. The molecule has 0 bridgehead atoms. The first kappa shape index (κ1) is 15.4. The minimum absolute atomic E-state index is 0.164. The van der Waals surface area contributed by atoms with Crippen molar-refractivity contribution in [2.75, 3.05) is 7.05 Å². The summed E-state index contributed by atoms with van der Waals surface area (Å²) in [5.74, 6) is -0.356. The number of rotatable bonds is 3. The molecule has 1 aliphatic rings. The van der Waals surface area contributed by atoms with Gasteiger partial charge < -0.3 is 5.32 Å². The topological polar surface area (TPSA) is 12.0 Å². The van der Waals surface area contributed by atoms with Crippen molar-refractivity contribution in [3.05, 3.63) is 35.4 Å². The molecule has 1 aliphatic carbocycles. The van der Waals surface area contributed by atoms with E-state index < -0.39 is 11.6 Å². The Morgan fingerprint density at radius 3 is 2.45 bits per heavy atom. The van der Waals surface area contributed by atoms with E-state index in [9.17, 15) is 8.78 Å². The van der Waals surface area contributed by atoms with Gasteiger partial charge in [-0.25, -0.2) is 8.78 Å². The van der Waals surface area contributed by atoms with Crippen molar-refractivity contribution in [2.45, 2.75) is 51.5 Å². The molecule has 0 heterocycles. The first-order valence-electron chi connectivity index (χ1n) is 7.49. The zero-order valence-electron chi connectivity index (χ0n) is 12.8. The molecule has 1 saturated carbocycles. The molecule has 112 valence electrons. The van der Waals surface area contributed by atoms with Gasteiger partial charge in [-0.1, -0.05) is 33.3 Å². The first-order valence-corrected chi connectivity index (χ1v) is 7.49. The van der Waals surface area contributed by atoms with Gasteiger partial charge in [0, 0.05) is 6.04 Å². The third kappa shape index (κ3) is 2.88. The number of hydrogen-bond acceptors (Lipinski definition) is 1. The average molecular weight is 281 g/mol. The summed E-state index contributed by atoms with van der Waals surface area (Å²) in [4.78, 5) is 0. The lowest BCUT2D eigenvalue weighted by atomic mass is 9.63. The maximum absolute atomic E-state index is 13.5. The molecule has 1 N–H and O–H groups in total. The summed E-state index contributed by atoms with van der Waals surface area (Å²) in [5, 5.41) is 3.42. The summed E-state index contributed by atoms with van der Waals surface area (Å²) in [5.41, 5.74) is 0.721. The fraction of sp³-hybridized carbons (Fsp3) is 0.647. The summed E-state index contributed by atoms with van der Waals surface area (Å²) < 4.78 is 26.7.